The van der Waals surface area contributed by atoms with Crippen molar-refractivity contribution in [2.75, 3.05) is 12.3 Å². The molecule has 96 valence electrons. The van der Waals surface area contributed by atoms with E-state index in [0.29, 0.717) is 23.2 Å². The predicted molar refractivity (Wildman–Crippen MR) is 73.2 cm³/mol. The van der Waals surface area contributed by atoms with E-state index in [4.69, 9.17) is 22.1 Å². The van der Waals surface area contributed by atoms with Crippen LogP contribution in [0.25, 0.3) is 5.57 Å². The van der Waals surface area contributed by atoms with Crippen LogP contribution in [0.15, 0.2) is 24.3 Å². The molecule has 18 heavy (non-hydrogen) atoms. The molecule has 1 saturated carbocycles. The van der Waals surface area contributed by atoms with E-state index < -0.39 is 0 Å². The normalized spacial score (nSPS) is 15.6. The molecule has 0 aliphatic heterocycles. The maximum absolute atomic E-state index is 11.6. The van der Waals surface area contributed by atoms with E-state index in [-0.39, 0.29) is 5.97 Å². The second-order valence-electron chi connectivity index (χ2n) is 4.36. The summed E-state index contributed by atoms with van der Waals surface area (Å²) < 4.78 is 4.95. The number of carbonyl (C=O) groups excluding carboxylic acids is 1. The standard InChI is InChI=1S/C14H16ClNO2/c1-2-18-14(17)8-11(9-3-4-9)10-5-6-12(15)13(16)7-10/h5-9H,2-4,16H2,1H3/b11-8+. The summed E-state index contributed by atoms with van der Waals surface area (Å²) in [5.74, 6) is 0.142. The number of anilines is 1. The van der Waals surface area contributed by atoms with Crippen molar-refractivity contribution in [2.24, 2.45) is 5.92 Å². The van der Waals surface area contributed by atoms with Crippen LogP contribution >= 0.6 is 11.6 Å². The minimum Gasteiger partial charge on any atom is -0.463 e. The van der Waals surface area contributed by atoms with Crippen LogP contribution in [0.5, 0.6) is 0 Å². The van der Waals surface area contributed by atoms with Crippen molar-refractivity contribution in [1.82, 2.24) is 0 Å². The zero-order valence-electron chi connectivity index (χ0n) is 10.3. The Bertz CT molecular complexity index is 493. The first-order valence-corrected chi connectivity index (χ1v) is 6.43. The van der Waals surface area contributed by atoms with Gasteiger partial charge in [-0.2, -0.15) is 0 Å². The number of halogens is 1. The molecule has 2 N–H and O–H groups in total. The van der Waals surface area contributed by atoms with Crippen LogP contribution in [0.3, 0.4) is 0 Å². The van der Waals surface area contributed by atoms with Gasteiger partial charge in [0, 0.05) is 6.08 Å². The van der Waals surface area contributed by atoms with Gasteiger partial charge in [0.1, 0.15) is 0 Å². The van der Waals surface area contributed by atoms with Crippen LogP contribution in [0.1, 0.15) is 25.3 Å². The van der Waals surface area contributed by atoms with Crippen molar-refractivity contribution < 1.29 is 9.53 Å². The Hall–Kier alpha value is -1.48. The van der Waals surface area contributed by atoms with E-state index in [9.17, 15) is 4.79 Å². The third kappa shape index (κ3) is 3.05. The van der Waals surface area contributed by atoms with E-state index >= 15 is 0 Å². The molecule has 0 radical (unpaired) electrons. The molecule has 2 rings (SSSR count). The second kappa shape index (κ2) is 5.44. The molecule has 1 aromatic carbocycles. The van der Waals surface area contributed by atoms with Gasteiger partial charge < -0.3 is 10.5 Å². The maximum atomic E-state index is 11.6. The summed E-state index contributed by atoms with van der Waals surface area (Å²) in [7, 11) is 0. The molecular formula is C14H16ClNO2. The summed E-state index contributed by atoms with van der Waals surface area (Å²) >= 11 is 5.90. The van der Waals surface area contributed by atoms with Crippen LogP contribution < -0.4 is 5.73 Å². The van der Waals surface area contributed by atoms with Gasteiger partial charge in [0.05, 0.1) is 17.3 Å². The Labute approximate surface area is 112 Å². The zero-order valence-corrected chi connectivity index (χ0v) is 11.0. The Morgan fingerprint density at radius 2 is 2.28 bits per heavy atom. The van der Waals surface area contributed by atoms with Gasteiger partial charge in [-0.25, -0.2) is 4.79 Å². The molecule has 1 aromatic rings. The quantitative estimate of drug-likeness (QED) is 0.516. The Balaban J connectivity index is 2.29. The summed E-state index contributed by atoms with van der Waals surface area (Å²) in [5, 5.41) is 0.532. The van der Waals surface area contributed by atoms with Crippen LogP contribution in [-0.2, 0) is 9.53 Å². The Morgan fingerprint density at radius 1 is 1.56 bits per heavy atom. The predicted octanol–water partition coefficient (Wildman–Crippen LogP) is 3.28. The molecule has 4 heteroatoms. The van der Waals surface area contributed by atoms with Gasteiger partial charge in [-0.3, -0.25) is 0 Å². The maximum Gasteiger partial charge on any atom is 0.331 e. The van der Waals surface area contributed by atoms with Gasteiger partial charge in [-0.15, -0.1) is 0 Å². The third-order valence-electron chi connectivity index (χ3n) is 2.91. The highest BCUT2D eigenvalue weighted by Gasteiger charge is 2.28. The molecule has 0 bridgehead atoms. The molecule has 0 saturated heterocycles. The molecule has 0 amide bonds. The van der Waals surface area contributed by atoms with Crippen molar-refractivity contribution in [1.29, 1.82) is 0 Å². The smallest absolute Gasteiger partial charge is 0.331 e. The van der Waals surface area contributed by atoms with Crippen molar-refractivity contribution in [3.63, 3.8) is 0 Å². The van der Waals surface area contributed by atoms with E-state index in [1.54, 1.807) is 19.1 Å². The average molecular weight is 266 g/mol. The monoisotopic (exact) mass is 265 g/mol. The number of carbonyl (C=O) groups is 1. The van der Waals surface area contributed by atoms with Gasteiger partial charge in [0.2, 0.25) is 0 Å². The summed E-state index contributed by atoms with van der Waals surface area (Å²) in [4.78, 5) is 11.6. The minimum absolute atomic E-state index is 0.298. The van der Waals surface area contributed by atoms with Crippen molar-refractivity contribution in [2.45, 2.75) is 19.8 Å². The number of rotatable bonds is 4. The van der Waals surface area contributed by atoms with Crippen LogP contribution in [0, 0.1) is 5.92 Å². The summed E-state index contributed by atoms with van der Waals surface area (Å²) in [6, 6.07) is 5.46. The van der Waals surface area contributed by atoms with Crippen molar-refractivity contribution in [3.05, 3.63) is 34.9 Å². The highest BCUT2D eigenvalue weighted by Crippen LogP contribution is 2.42. The SMILES string of the molecule is CCOC(=O)/C=C(/c1ccc(Cl)c(N)c1)C1CC1. The van der Waals surface area contributed by atoms with Gasteiger partial charge in [-0.05, 0) is 49.0 Å². The van der Waals surface area contributed by atoms with E-state index in [2.05, 4.69) is 0 Å². The van der Waals surface area contributed by atoms with Gasteiger partial charge in [0.15, 0.2) is 0 Å². The molecule has 0 atom stereocenters. The van der Waals surface area contributed by atoms with Crippen molar-refractivity contribution >= 4 is 28.8 Å². The number of ether oxygens (including phenoxy) is 1. The number of esters is 1. The summed E-state index contributed by atoms with van der Waals surface area (Å²) in [5.41, 5.74) is 8.27. The molecular weight excluding hydrogens is 250 g/mol. The molecule has 3 nitrogen and oxygen atoms in total. The van der Waals surface area contributed by atoms with Crippen LogP contribution in [0.2, 0.25) is 5.02 Å². The average Bonchev–Trinajstić information content (AvgIpc) is 3.14. The van der Waals surface area contributed by atoms with E-state index in [1.165, 1.54) is 0 Å². The fourth-order valence-electron chi connectivity index (χ4n) is 1.87. The third-order valence-corrected chi connectivity index (χ3v) is 3.25. The first-order valence-electron chi connectivity index (χ1n) is 6.05. The lowest BCUT2D eigenvalue weighted by atomic mass is 10.0. The van der Waals surface area contributed by atoms with E-state index in [0.717, 1.165) is 24.0 Å². The topological polar surface area (TPSA) is 52.3 Å². The number of hydrogen-bond acceptors (Lipinski definition) is 3. The van der Waals surface area contributed by atoms with Crippen LogP contribution in [0.4, 0.5) is 5.69 Å². The summed E-state index contributed by atoms with van der Waals surface area (Å²) in [6.45, 7) is 2.18. The highest BCUT2D eigenvalue weighted by atomic mass is 35.5. The lowest BCUT2D eigenvalue weighted by Gasteiger charge is -2.08. The first-order chi connectivity index (χ1) is 8.61. The van der Waals surface area contributed by atoms with Gasteiger partial charge in [0.25, 0.3) is 0 Å². The van der Waals surface area contributed by atoms with Crippen molar-refractivity contribution in [3.8, 4) is 0 Å². The first kappa shape index (κ1) is 13.0. The number of nitrogen functional groups attached to an aromatic ring is 1. The molecule has 0 aromatic heterocycles. The number of allylic oxidation sites excluding steroid dienone is 1. The fourth-order valence-corrected chi connectivity index (χ4v) is 1.98. The highest BCUT2D eigenvalue weighted by molar-refractivity contribution is 6.33. The number of benzene rings is 1. The van der Waals surface area contributed by atoms with E-state index in [1.807, 2.05) is 12.1 Å². The molecule has 0 heterocycles. The lowest BCUT2D eigenvalue weighted by Crippen LogP contribution is -2.02. The Kier molecular flexibility index (Phi) is 3.92. The van der Waals surface area contributed by atoms with Crippen LogP contribution in [-0.4, -0.2) is 12.6 Å². The molecule has 0 unspecified atom stereocenters. The number of nitrogens with two attached hydrogens (primary N) is 1. The van der Waals surface area contributed by atoms with Gasteiger partial charge in [-0.1, -0.05) is 17.7 Å². The molecule has 1 aliphatic rings. The molecule has 1 aliphatic carbocycles. The molecule has 1 fully saturated rings. The minimum atomic E-state index is -0.298. The summed E-state index contributed by atoms with van der Waals surface area (Å²) in [6.07, 6.45) is 3.78. The Morgan fingerprint density at radius 3 is 2.83 bits per heavy atom. The fraction of sp³-hybridized carbons (Fsp3) is 0.357. The molecule has 0 spiro atoms. The second-order valence-corrected chi connectivity index (χ2v) is 4.77. The largest absolute Gasteiger partial charge is 0.463 e. The zero-order chi connectivity index (χ0) is 13.1. The lowest BCUT2D eigenvalue weighted by molar-refractivity contribution is -0.137. The van der Waals surface area contributed by atoms with Gasteiger partial charge >= 0.3 is 5.97 Å². The number of hydrogen-bond donors (Lipinski definition) is 1.